The van der Waals surface area contributed by atoms with E-state index in [2.05, 4.69) is 26.0 Å². The molecule has 0 saturated carbocycles. The smallest absolute Gasteiger partial charge is 0.128 e. The van der Waals surface area contributed by atoms with Crippen LogP contribution in [0.4, 0.5) is 0 Å². The number of halogens is 1. The number of hydrogen-bond acceptors (Lipinski definition) is 2. The normalized spacial score (nSPS) is 12.2. The first-order valence-electron chi connectivity index (χ1n) is 7.43. The van der Waals surface area contributed by atoms with Gasteiger partial charge in [0.2, 0.25) is 0 Å². The molecule has 1 unspecified atom stereocenters. The Morgan fingerprint density at radius 1 is 1.05 bits per heavy atom. The van der Waals surface area contributed by atoms with Crippen LogP contribution in [-0.4, -0.2) is 6.04 Å². The van der Waals surface area contributed by atoms with Crippen LogP contribution >= 0.6 is 11.6 Å². The Bertz CT molecular complexity index is 580. The van der Waals surface area contributed by atoms with E-state index in [1.54, 1.807) is 0 Å². The van der Waals surface area contributed by atoms with Gasteiger partial charge in [-0.1, -0.05) is 43.6 Å². The third-order valence-corrected chi connectivity index (χ3v) is 3.95. The number of aryl methyl sites for hydroxylation is 1. The molecule has 0 aromatic heterocycles. The zero-order valence-corrected chi connectivity index (χ0v) is 13.4. The average Bonchev–Trinajstić information content (AvgIpc) is 2.50. The first kappa shape index (κ1) is 15.9. The Balaban J connectivity index is 2.08. The van der Waals surface area contributed by atoms with Crippen LogP contribution in [0.1, 0.15) is 31.4 Å². The first-order valence-corrected chi connectivity index (χ1v) is 7.81. The largest absolute Gasteiger partial charge is 0.457 e. The van der Waals surface area contributed by atoms with Crippen LogP contribution in [0.15, 0.2) is 42.5 Å². The molecule has 2 nitrogen and oxygen atoms in total. The highest BCUT2D eigenvalue weighted by Crippen LogP contribution is 2.27. The summed E-state index contributed by atoms with van der Waals surface area (Å²) in [4.78, 5) is 0. The van der Waals surface area contributed by atoms with Crippen LogP contribution < -0.4 is 10.5 Å². The summed E-state index contributed by atoms with van der Waals surface area (Å²) in [6.45, 7) is 4.21. The van der Waals surface area contributed by atoms with E-state index in [0.717, 1.165) is 36.3 Å². The van der Waals surface area contributed by atoms with Crippen molar-refractivity contribution in [1.82, 2.24) is 0 Å². The summed E-state index contributed by atoms with van der Waals surface area (Å²) >= 11 is 6.31. The first-order chi connectivity index (χ1) is 10.1. The molecule has 0 amide bonds. The summed E-state index contributed by atoms with van der Waals surface area (Å²) in [6, 6.07) is 14.0. The molecule has 0 saturated heterocycles. The molecule has 2 aromatic rings. The minimum Gasteiger partial charge on any atom is -0.457 e. The molecule has 0 fully saturated rings. The molecule has 0 aliphatic rings. The zero-order valence-electron chi connectivity index (χ0n) is 12.6. The van der Waals surface area contributed by atoms with Crippen LogP contribution in [0.25, 0.3) is 0 Å². The molecule has 0 aliphatic carbocycles. The summed E-state index contributed by atoms with van der Waals surface area (Å²) in [6.07, 6.45) is 2.76. The van der Waals surface area contributed by atoms with Gasteiger partial charge in [-0.25, -0.2) is 0 Å². The number of benzene rings is 2. The Kier molecular flexibility index (Phi) is 5.66. The van der Waals surface area contributed by atoms with Crippen molar-refractivity contribution in [3.05, 3.63) is 58.6 Å². The molecule has 0 radical (unpaired) electrons. The molecule has 0 spiro atoms. The van der Waals surface area contributed by atoms with Gasteiger partial charge in [0.15, 0.2) is 0 Å². The molecule has 2 rings (SSSR count). The van der Waals surface area contributed by atoms with Gasteiger partial charge in [0.1, 0.15) is 11.5 Å². The molecule has 2 aromatic carbocycles. The third-order valence-electron chi connectivity index (χ3n) is 3.60. The molecule has 1 atom stereocenters. The molecular weight excluding hydrogens is 282 g/mol. The Morgan fingerprint density at radius 2 is 1.71 bits per heavy atom. The van der Waals surface area contributed by atoms with Gasteiger partial charge in [-0.2, -0.15) is 0 Å². The molecular formula is C18H22ClNO. The topological polar surface area (TPSA) is 35.2 Å². The van der Waals surface area contributed by atoms with Crippen LogP contribution in [-0.2, 0) is 12.8 Å². The molecule has 3 heteroatoms. The number of rotatable bonds is 6. The van der Waals surface area contributed by atoms with E-state index >= 15 is 0 Å². The number of hydrogen-bond donors (Lipinski definition) is 1. The highest BCUT2D eigenvalue weighted by Gasteiger charge is 2.07. The van der Waals surface area contributed by atoms with E-state index in [1.807, 2.05) is 30.3 Å². The molecule has 0 bridgehead atoms. The molecule has 21 heavy (non-hydrogen) atoms. The Hall–Kier alpha value is -1.51. The van der Waals surface area contributed by atoms with Gasteiger partial charge in [-0.15, -0.1) is 0 Å². The molecule has 112 valence electrons. The van der Waals surface area contributed by atoms with Crippen molar-refractivity contribution in [3.8, 4) is 11.5 Å². The second-order valence-electron chi connectivity index (χ2n) is 5.23. The highest BCUT2D eigenvalue weighted by molar-refractivity contribution is 6.31. The van der Waals surface area contributed by atoms with Gasteiger partial charge in [0, 0.05) is 11.1 Å². The number of nitrogens with two attached hydrogens (primary N) is 1. The second-order valence-corrected chi connectivity index (χ2v) is 5.63. The quantitative estimate of drug-likeness (QED) is 0.817. The van der Waals surface area contributed by atoms with Crippen LogP contribution in [0.2, 0.25) is 5.02 Å². The van der Waals surface area contributed by atoms with Gasteiger partial charge < -0.3 is 10.5 Å². The van der Waals surface area contributed by atoms with Crippen molar-refractivity contribution in [2.24, 2.45) is 5.73 Å². The minimum atomic E-state index is 0.149. The molecule has 0 aliphatic heterocycles. The van der Waals surface area contributed by atoms with Crippen LogP contribution in [0, 0.1) is 0 Å². The average molecular weight is 304 g/mol. The van der Waals surface area contributed by atoms with Crippen molar-refractivity contribution in [1.29, 1.82) is 0 Å². The number of ether oxygens (including phenoxy) is 1. The standard InChI is InChI=1S/C18H22ClNO/c1-3-13-5-8-16(9-6-13)21-17-10-7-14(18(19)12-17)11-15(20)4-2/h5-10,12,15H,3-4,11,20H2,1-2H3. The fraction of sp³-hybridized carbons (Fsp3) is 0.333. The summed E-state index contributed by atoms with van der Waals surface area (Å²) < 4.78 is 5.83. The van der Waals surface area contributed by atoms with Gasteiger partial charge >= 0.3 is 0 Å². The van der Waals surface area contributed by atoms with Gasteiger partial charge in [-0.3, -0.25) is 0 Å². The predicted molar refractivity (Wildman–Crippen MR) is 89.3 cm³/mol. The summed E-state index contributed by atoms with van der Waals surface area (Å²) in [7, 11) is 0. The van der Waals surface area contributed by atoms with Crippen molar-refractivity contribution in [2.75, 3.05) is 0 Å². The van der Waals surface area contributed by atoms with E-state index in [4.69, 9.17) is 22.1 Å². The Labute approximate surface area is 131 Å². The van der Waals surface area contributed by atoms with Crippen LogP contribution in [0.5, 0.6) is 11.5 Å². The van der Waals surface area contributed by atoms with Gasteiger partial charge in [0.25, 0.3) is 0 Å². The maximum absolute atomic E-state index is 6.31. The lowest BCUT2D eigenvalue weighted by molar-refractivity contribution is 0.482. The summed E-state index contributed by atoms with van der Waals surface area (Å²) in [5, 5.41) is 0.710. The van der Waals surface area contributed by atoms with Crippen LogP contribution in [0.3, 0.4) is 0 Å². The third kappa shape index (κ3) is 4.48. The van der Waals surface area contributed by atoms with E-state index in [1.165, 1.54) is 5.56 Å². The maximum Gasteiger partial charge on any atom is 0.128 e. The highest BCUT2D eigenvalue weighted by atomic mass is 35.5. The minimum absolute atomic E-state index is 0.149. The van der Waals surface area contributed by atoms with E-state index in [0.29, 0.717) is 5.02 Å². The van der Waals surface area contributed by atoms with Crippen molar-refractivity contribution in [3.63, 3.8) is 0 Å². The van der Waals surface area contributed by atoms with Gasteiger partial charge in [-0.05, 0) is 54.7 Å². The second kappa shape index (κ2) is 7.48. The van der Waals surface area contributed by atoms with Gasteiger partial charge in [0.05, 0.1) is 0 Å². The van der Waals surface area contributed by atoms with E-state index < -0.39 is 0 Å². The monoisotopic (exact) mass is 303 g/mol. The van der Waals surface area contributed by atoms with Crippen molar-refractivity contribution in [2.45, 2.75) is 39.2 Å². The maximum atomic E-state index is 6.31. The zero-order chi connectivity index (χ0) is 15.2. The van der Waals surface area contributed by atoms with E-state index in [9.17, 15) is 0 Å². The Morgan fingerprint density at radius 3 is 2.29 bits per heavy atom. The summed E-state index contributed by atoms with van der Waals surface area (Å²) in [5.41, 5.74) is 8.34. The lowest BCUT2D eigenvalue weighted by Crippen LogP contribution is -2.21. The fourth-order valence-corrected chi connectivity index (χ4v) is 2.36. The molecule has 2 N–H and O–H groups in total. The lowest BCUT2D eigenvalue weighted by Gasteiger charge is -2.12. The molecule has 0 heterocycles. The van der Waals surface area contributed by atoms with Crippen molar-refractivity contribution >= 4 is 11.6 Å². The summed E-state index contributed by atoms with van der Waals surface area (Å²) in [5.74, 6) is 1.57. The predicted octanol–water partition coefficient (Wildman–Crippen LogP) is 4.97. The fourth-order valence-electron chi connectivity index (χ4n) is 2.11. The SMILES string of the molecule is CCc1ccc(Oc2ccc(CC(N)CC)c(Cl)c2)cc1. The lowest BCUT2D eigenvalue weighted by atomic mass is 10.0. The van der Waals surface area contributed by atoms with Crippen molar-refractivity contribution < 1.29 is 4.74 Å². The van der Waals surface area contributed by atoms with E-state index in [-0.39, 0.29) is 6.04 Å².